The molecule has 0 aliphatic carbocycles. The third kappa shape index (κ3) is 4.01. The molecule has 0 spiro atoms. The number of hydrogen-bond acceptors (Lipinski definition) is 5. The molecule has 1 aromatic heterocycles. The van der Waals surface area contributed by atoms with Crippen LogP contribution in [0, 0.1) is 0 Å². The van der Waals surface area contributed by atoms with Crippen molar-refractivity contribution in [3.05, 3.63) is 35.8 Å². The molecule has 0 aliphatic rings. The van der Waals surface area contributed by atoms with Gasteiger partial charge in [-0.1, -0.05) is 11.3 Å². The lowest BCUT2D eigenvalue weighted by Gasteiger charge is -2.17. The topological polar surface area (TPSA) is 51.6 Å². The maximum atomic E-state index is 9.55. The number of thiazole rings is 1. The van der Waals surface area contributed by atoms with Crippen molar-refractivity contribution < 1.29 is 14.6 Å². The third-order valence-corrected chi connectivity index (χ3v) is 2.68. The molecule has 0 aliphatic heterocycles. The van der Waals surface area contributed by atoms with Crippen LogP contribution < -0.4 is 9.47 Å². The van der Waals surface area contributed by atoms with Crippen molar-refractivity contribution in [1.29, 1.82) is 0 Å². The van der Waals surface area contributed by atoms with Gasteiger partial charge in [-0.25, -0.2) is 4.98 Å². The summed E-state index contributed by atoms with van der Waals surface area (Å²) in [6.45, 7) is 3.65. The van der Waals surface area contributed by atoms with E-state index in [2.05, 4.69) is 4.98 Å². The predicted octanol–water partition coefficient (Wildman–Crippen LogP) is 3.09. The molecule has 1 N–H and O–H groups in total. The SMILES string of the molecule is CC(C)(O)COc1ccc(Oc2nccs2)cc1. The largest absolute Gasteiger partial charge is 0.491 e. The first-order valence-electron chi connectivity index (χ1n) is 5.55. The summed E-state index contributed by atoms with van der Waals surface area (Å²) < 4.78 is 11.0. The predicted molar refractivity (Wildman–Crippen MR) is 70.4 cm³/mol. The van der Waals surface area contributed by atoms with Crippen molar-refractivity contribution in [2.75, 3.05) is 6.61 Å². The highest BCUT2D eigenvalue weighted by Crippen LogP contribution is 2.25. The second-order valence-corrected chi connectivity index (χ2v) is 5.33. The molecule has 18 heavy (non-hydrogen) atoms. The van der Waals surface area contributed by atoms with E-state index in [1.807, 2.05) is 5.38 Å². The second kappa shape index (κ2) is 5.37. The molecule has 4 nitrogen and oxygen atoms in total. The molecule has 0 radical (unpaired) electrons. The Morgan fingerprint density at radius 3 is 2.44 bits per heavy atom. The van der Waals surface area contributed by atoms with E-state index in [0.29, 0.717) is 16.7 Å². The minimum Gasteiger partial charge on any atom is -0.491 e. The number of aliphatic hydroxyl groups is 1. The Kier molecular flexibility index (Phi) is 3.84. The van der Waals surface area contributed by atoms with Crippen LogP contribution in [-0.2, 0) is 0 Å². The lowest BCUT2D eigenvalue weighted by atomic mass is 10.2. The van der Waals surface area contributed by atoms with Gasteiger partial charge in [0.1, 0.15) is 18.1 Å². The fourth-order valence-electron chi connectivity index (χ4n) is 1.23. The van der Waals surface area contributed by atoms with Gasteiger partial charge in [0.15, 0.2) is 0 Å². The molecular weight excluding hydrogens is 250 g/mol. The summed E-state index contributed by atoms with van der Waals surface area (Å²) >= 11 is 1.44. The van der Waals surface area contributed by atoms with Gasteiger partial charge in [0, 0.05) is 11.6 Å². The van der Waals surface area contributed by atoms with Gasteiger partial charge >= 0.3 is 0 Å². The lowest BCUT2D eigenvalue weighted by Crippen LogP contribution is -2.27. The molecule has 0 amide bonds. The maximum absolute atomic E-state index is 9.55. The molecule has 0 saturated heterocycles. The molecule has 0 unspecified atom stereocenters. The minimum atomic E-state index is -0.837. The van der Waals surface area contributed by atoms with Crippen LogP contribution in [0.3, 0.4) is 0 Å². The molecule has 1 aromatic carbocycles. The van der Waals surface area contributed by atoms with E-state index in [1.54, 1.807) is 44.3 Å². The molecule has 0 bridgehead atoms. The summed E-state index contributed by atoms with van der Waals surface area (Å²) in [7, 11) is 0. The Labute approximate surface area is 110 Å². The molecule has 2 aromatic rings. The van der Waals surface area contributed by atoms with Crippen molar-refractivity contribution in [2.24, 2.45) is 0 Å². The highest BCUT2D eigenvalue weighted by molar-refractivity contribution is 7.11. The fraction of sp³-hybridized carbons (Fsp3) is 0.308. The molecule has 2 rings (SSSR count). The van der Waals surface area contributed by atoms with Crippen LogP contribution >= 0.6 is 11.3 Å². The second-order valence-electron chi connectivity index (χ2n) is 4.47. The van der Waals surface area contributed by atoms with Crippen LogP contribution in [0.15, 0.2) is 35.8 Å². The zero-order chi connectivity index (χ0) is 13.0. The highest BCUT2D eigenvalue weighted by Gasteiger charge is 2.13. The van der Waals surface area contributed by atoms with Gasteiger partial charge in [0.2, 0.25) is 0 Å². The van der Waals surface area contributed by atoms with E-state index < -0.39 is 5.60 Å². The Hall–Kier alpha value is -1.59. The third-order valence-electron chi connectivity index (χ3n) is 2.03. The zero-order valence-corrected chi connectivity index (χ0v) is 11.1. The van der Waals surface area contributed by atoms with E-state index in [1.165, 1.54) is 11.3 Å². The van der Waals surface area contributed by atoms with Gasteiger partial charge in [-0.3, -0.25) is 0 Å². The highest BCUT2D eigenvalue weighted by atomic mass is 32.1. The van der Waals surface area contributed by atoms with Crippen LogP contribution in [0.25, 0.3) is 0 Å². The van der Waals surface area contributed by atoms with E-state index >= 15 is 0 Å². The summed E-state index contributed by atoms with van der Waals surface area (Å²) in [5, 5.41) is 12.0. The van der Waals surface area contributed by atoms with E-state index in [9.17, 15) is 5.11 Å². The standard InChI is InChI=1S/C13H15NO3S/c1-13(2,15)9-16-10-3-5-11(6-4-10)17-12-14-7-8-18-12/h3-8,15H,9H2,1-2H3. The minimum absolute atomic E-state index is 0.250. The summed E-state index contributed by atoms with van der Waals surface area (Å²) in [5.41, 5.74) is -0.837. The molecule has 1 heterocycles. The number of benzene rings is 1. The number of nitrogens with zero attached hydrogens (tertiary/aromatic N) is 1. The van der Waals surface area contributed by atoms with Crippen LogP contribution in [0.4, 0.5) is 0 Å². The van der Waals surface area contributed by atoms with Crippen LogP contribution in [0.5, 0.6) is 16.7 Å². The number of hydrogen-bond donors (Lipinski definition) is 1. The van der Waals surface area contributed by atoms with Crippen molar-refractivity contribution in [2.45, 2.75) is 19.4 Å². The lowest BCUT2D eigenvalue weighted by molar-refractivity contribution is 0.0285. The molecule has 5 heteroatoms. The average Bonchev–Trinajstić information content (AvgIpc) is 2.80. The van der Waals surface area contributed by atoms with Gasteiger partial charge in [-0.05, 0) is 38.1 Å². The van der Waals surface area contributed by atoms with Crippen molar-refractivity contribution in [3.8, 4) is 16.7 Å². The van der Waals surface area contributed by atoms with Gasteiger partial charge < -0.3 is 14.6 Å². The summed E-state index contributed by atoms with van der Waals surface area (Å²) in [6, 6.07) is 7.21. The molecule has 96 valence electrons. The van der Waals surface area contributed by atoms with Crippen LogP contribution in [0.2, 0.25) is 0 Å². The molecule has 0 fully saturated rings. The van der Waals surface area contributed by atoms with Crippen LogP contribution in [0.1, 0.15) is 13.8 Å². The van der Waals surface area contributed by atoms with Gasteiger partial charge in [0.05, 0.1) is 5.60 Å². The fourth-order valence-corrected chi connectivity index (χ4v) is 1.73. The normalized spacial score (nSPS) is 11.3. The van der Waals surface area contributed by atoms with Gasteiger partial charge in [-0.2, -0.15) is 0 Å². The zero-order valence-electron chi connectivity index (χ0n) is 10.3. The molecule has 0 saturated carbocycles. The van der Waals surface area contributed by atoms with Crippen LogP contribution in [-0.4, -0.2) is 22.3 Å². The van der Waals surface area contributed by atoms with E-state index in [0.717, 1.165) is 0 Å². The monoisotopic (exact) mass is 265 g/mol. The smallest absolute Gasteiger partial charge is 0.278 e. The first-order valence-corrected chi connectivity index (χ1v) is 6.43. The average molecular weight is 265 g/mol. The first kappa shape index (κ1) is 12.9. The Balaban J connectivity index is 1.93. The molecular formula is C13H15NO3S. The number of rotatable bonds is 5. The summed E-state index contributed by atoms with van der Waals surface area (Å²) in [5.74, 6) is 1.41. The maximum Gasteiger partial charge on any atom is 0.278 e. The Morgan fingerprint density at radius 1 is 1.22 bits per heavy atom. The first-order chi connectivity index (χ1) is 8.53. The summed E-state index contributed by atoms with van der Waals surface area (Å²) in [6.07, 6.45) is 1.70. The summed E-state index contributed by atoms with van der Waals surface area (Å²) in [4.78, 5) is 4.03. The van der Waals surface area contributed by atoms with Crippen molar-refractivity contribution >= 4 is 11.3 Å². The number of aromatic nitrogens is 1. The van der Waals surface area contributed by atoms with E-state index in [-0.39, 0.29) is 6.61 Å². The quantitative estimate of drug-likeness (QED) is 0.902. The van der Waals surface area contributed by atoms with E-state index in [4.69, 9.17) is 9.47 Å². The Bertz CT molecular complexity index is 474. The van der Waals surface area contributed by atoms with Crippen molar-refractivity contribution in [1.82, 2.24) is 4.98 Å². The van der Waals surface area contributed by atoms with Gasteiger partial charge in [0.25, 0.3) is 5.19 Å². The van der Waals surface area contributed by atoms with Gasteiger partial charge in [-0.15, -0.1) is 0 Å². The Morgan fingerprint density at radius 2 is 1.89 bits per heavy atom. The van der Waals surface area contributed by atoms with Crippen molar-refractivity contribution in [3.63, 3.8) is 0 Å². The molecule has 0 atom stereocenters. The number of ether oxygens (including phenoxy) is 2.